The van der Waals surface area contributed by atoms with Gasteiger partial charge in [-0.2, -0.15) is 0 Å². The maximum absolute atomic E-state index is 13.5. The lowest BCUT2D eigenvalue weighted by molar-refractivity contribution is -0.137. The average Bonchev–Trinajstić information content (AvgIpc) is 3.32. The number of methoxy groups -OCH3 is 3. The third-order valence-electron chi connectivity index (χ3n) is 4.48. The standard InChI is InChI=1S/C21H22N4O7S3/c1-30-14-8-10-15(11-9-14)35(28,29)25(16-6-4-5-7-17(16)31-2)12-18(26)22-20-23-24-21(34-20)33-13-19(27)32-3/h4-11H,12-13H2,1-3H3,(H,22,23,26). The summed E-state index contributed by atoms with van der Waals surface area (Å²) in [5, 5.41) is 10.5. The minimum Gasteiger partial charge on any atom is -0.497 e. The molecule has 0 aliphatic carbocycles. The number of carbonyl (C=O) groups excluding carboxylic acids is 2. The molecule has 35 heavy (non-hydrogen) atoms. The van der Waals surface area contributed by atoms with Gasteiger partial charge in [0.25, 0.3) is 10.0 Å². The number of amides is 1. The molecule has 1 heterocycles. The molecule has 0 fully saturated rings. The highest BCUT2D eigenvalue weighted by Gasteiger charge is 2.29. The van der Waals surface area contributed by atoms with Gasteiger partial charge in [-0.15, -0.1) is 10.2 Å². The zero-order valence-corrected chi connectivity index (χ0v) is 21.4. The molecule has 0 unspecified atom stereocenters. The third kappa shape index (κ3) is 6.61. The Hall–Kier alpha value is -3.36. The van der Waals surface area contributed by atoms with Crippen molar-refractivity contribution in [2.24, 2.45) is 0 Å². The zero-order chi connectivity index (χ0) is 25.4. The van der Waals surface area contributed by atoms with E-state index in [1.165, 1.54) is 45.6 Å². The van der Waals surface area contributed by atoms with Crippen molar-refractivity contribution in [3.05, 3.63) is 48.5 Å². The van der Waals surface area contributed by atoms with Crippen LogP contribution in [0.2, 0.25) is 0 Å². The lowest BCUT2D eigenvalue weighted by Crippen LogP contribution is -2.38. The van der Waals surface area contributed by atoms with Crippen LogP contribution in [0, 0.1) is 0 Å². The van der Waals surface area contributed by atoms with Crippen molar-refractivity contribution in [3.8, 4) is 11.5 Å². The molecule has 14 heteroatoms. The molecule has 11 nitrogen and oxygen atoms in total. The highest BCUT2D eigenvalue weighted by atomic mass is 32.2. The Kier molecular flexibility index (Phi) is 8.89. The summed E-state index contributed by atoms with van der Waals surface area (Å²) in [6, 6.07) is 12.3. The summed E-state index contributed by atoms with van der Waals surface area (Å²) in [4.78, 5) is 24.1. The number of ether oxygens (including phenoxy) is 3. The van der Waals surface area contributed by atoms with Crippen LogP contribution < -0.4 is 19.1 Å². The zero-order valence-electron chi connectivity index (χ0n) is 19.0. The second-order valence-corrected chi connectivity index (χ2v) is 10.7. The lowest BCUT2D eigenvalue weighted by Gasteiger charge is -2.25. The summed E-state index contributed by atoms with van der Waals surface area (Å²) in [5.74, 6) is -0.265. The molecule has 0 aliphatic rings. The fourth-order valence-corrected chi connectivity index (χ4v) is 5.83. The molecule has 0 radical (unpaired) electrons. The molecule has 1 amide bonds. The monoisotopic (exact) mass is 538 g/mol. The highest BCUT2D eigenvalue weighted by molar-refractivity contribution is 8.01. The van der Waals surface area contributed by atoms with E-state index >= 15 is 0 Å². The first kappa shape index (κ1) is 26.2. The van der Waals surface area contributed by atoms with Gasteiger partial charge in [0.15, 0.2) is 4.34 Å². The van der Waals surface area contributed by atoms with Crippen LogP contribution in [0.5, 0.6) is 11.5 Å². The number of anilines is 2. The molecule has 3 rings (SSSR count). The van der Waals surface area contributed by atoms with E-state index in [1.807, 2.05) is 0 Å². The van der Waals surface area contributed by atoms with Gasteiger partial charge in [0.2, 0.25) is 11.0 Å². The summed E-state index contributed by atoms with van der Waals surface area (Å²) in [7, 11) is -0.00361. The van der Waals surface area contributed by atoms with Crippen LogP contribution in [0.1, 0.15) is 0 Å². The number of sulfonamides is 1. The number of benzene rings is 2. The Morgan fingerprint density at radius 2 is 1.74 bits per heavy atom. The number of para-hydroxylation sites is 2. The summed E-state index contributed by atoms with van der Waals surface area (Å²) < 4.78 is 43.5. The number of nitrogens with one attached hydrogen (secondary N) is 1. The van der Waals surface area contributed by atoms with Crippen molar-refractivity contribution < 1.29 is 32.2 Å². The SMILES string of the molecule is COC(=O)CSc1nnc(NC(=O)CN(c2ccccc2OC)S(=O)(=O)c2ccc(OC)cc2)s1. The number of hydrogen-bond acceptors (Lipinski definition) is 11. The molecule has 0 aliphatic heterocycles. The van der Waals surface area contributed by atoms with Gasteiger partial charge >= 0.3 is 5.97 Å². The Balaban J connectivity index is 1.85. The van der Waals surface area contributed by atoms with Crippen LogP contribution in [-0.4, -0.2) is 64.1 Å². The van der Waals surface area contributed by atoms with Gasteiger partial charge < -0.3 is 14.2 Å². The minimum absolute atomic E-state index is 0.0329. The number of nitrogens with zero attached hydrogens (tertiary/aromatic N) is 3. The molecule has 3 aromatic rings. The molecule has 0 spiro atoms. The number of esters is 1. The highest BCUT2D eigenvalue weighted by Crippen LogP contribution is 2.33. The van der Waals surface area contributed by atoms with E-state index in [9.17, 15) is 18.0 Å². The quantitative estimate of drug-likeness (QED) is 0.220. The smallest absolute Gasteiger partial charge is 0.316 e. The lowest BCUT2D eigenvalue weighted by atomic mass is 10.3. The molecule has 2 aromatic carbocycles. The first-order chi connectivity index (χ1) is 16.8. The van der Waals surface area contributed by atoms with E-state index in [-0.39, 0.29) is 27.2 Å². The van der Waals surface area contributed by atoms with Gasteiger partial charge in [-0.05, 0) is 36.4 Å². The topological polar surface area (TPSA) is 137 Å². The number of carbonyl (C=O) groups is 2. The van der Waals surface area contributed by atoms with E-state index in [0.29, 0.717) is 10.1 Å². The van der Waals surface area contributed by atoms with Crippen molar-refractivity contribution in [3.63, 3.8) is 0 Å². The Bertz CT molecular complexity index is 1280. The van der Waals surface area contributed by atoms with Gasteiger partial charge in [-0.1, -0.05) is 35.2 Å². The molecule has 0 bridgehead atoms. The van der Waals surface area contributed by atoms with Gasteiger partial charge in [0.05, 0.1) is 37.7 Å². The third-order valence-corrected chi connectivity index (χ3v) is 8.20. The molecule has 0 saturated carbocycles. The molecule has 1 aromatic heterocycles. The summed E-state index contributed by atoms with van der Waals surface area (Å²) in [6.45, 7) is -0.557. The normalized spacial score (nSPS) is 10.9. The van der Waals surface area contributed by atoms with Crippen LogP contribution in [0.3, 0.4) is 0 Å². The Morgan fingerprint density at radius 1 is 1.03 bits per heavy atom. The molecular formula is C21H22N4O7S3. The predicted octanol–water partition coefficient (Wildman–Crippen LogP) is 2.65. The first-order valence-electron chi connectivity index (χ1n) is 9.91. The summed E-state index contributed by atoms with van der Waals surface area (Å²) >= 11 is 2.15. The van der Waals surface area contributed by atoms with Gasteiger partial charge in [0.1, 0.15) is 18.0 Å². The molecule has 0 atom stereocenters. The summed E-state index contributed by atoms with van der Waals surface area (Å²) in [6.07, 6.45) is 0. The van der Waals surface area contributed by atoms with Crippen LogP contribution in [0.4, 0.5) is 10.8 Å². The van der Waals surface area contributed by atoms with E-state index in [0.717, 1.165) is 27.4 Å². The van der Waals surface area contributed by atoms with Crippen molar-refractivity contribution in [1.29, 1.82) is 0 Å². The number of thioether (sulfide) groups is 1. The average molecular weight is 539 g/mol. The minimum atomic E-state index is -4.17. The van der Waals surface area contributed by atoms with Crippen molar-refractivity contribution in [2.75, 3.05) is 43.2 Å². The predicted molar refractivity (Wildman–Crippen MR) is 132 cm³/mol. The van der Waals surface area contributed by atoms with Gasteiger partial charge in [-0.25, -0.2) is 8.42 Å². The molecular weight excluding hydrogens is 516 g/mol. The van der Waals surface area contributed by atoms with Crippen molar-refractivity contribution >= 4 is 55.8 Å². The van der Waals surface area contributed by atoms with E-state index in [1.54, 1.807) is 24.3 Å². The maximum Gasteiger partial charge on any atom is 0.316 e. The van der Waals surface area contributed by atoms with Crippen LogP contribution in [-0.2, 0) is 24.3 Å². The van der Waals surface area contributed by atoms with E-state index in [2.05, 4.69) is 20.3 Å². The second kappa shape index (κ2) is 11.9. The van der Waals surface area contributed by atoms with E-state index in [4.69, 9.17) is 9.47 Å². The number of hydrogen-bond donors (Lipinski definition) is 1. The fourth-order valence-electron chi connectivity index (χ4n) is 2.80. The van der Waals surface area contributed by atoms with Crippen molar-refractivity contribution in [1.82, 2.24) is 10.2 Å². The first-order valence-corrected chi connectivity index (χ1v) is 13.2. The second-order valence-electron chi connectivity index (χ2n) is 6.65. The number of aromatic nitrogens is 2. The van der Waals surface area contributed by atoms with Crippen LogP contribution in [0.25, 0.3) is 0 Å². The Morgan fingerprint density at radius 3 is 2.40 bits per heavy atom. The number of rotatable bonds is 11. The van der Waals surface area contributed by atoms with Crippen LogP contribution >= 0.6 is 23.1 Å². The molecule has 1 N–H and O–H groups in total. The largest absolute Gasteiger partial charge is 0.497 e. The van der Waals surface area contributed by atoms with Crippen LogP contribution in [0.15, 0.2) is 57.8 Å². The molecule has 0 saturated heterocycles. The molecule has 186 valence electrons. The Labute approximate surface area is 210 Å². The fraction of sp³-hybridized carbons (Fsp3) is 0.238. The van der Waals surface area contributed by atoms with Crippen molar-refractivity contribution in [2.45, 2.75) is 9.24 Å². The maximum atomic E-state index is 13.5. The van der Waals surface area contributed by atoms with Gasteiger partial charge in [-0.3, -0.25) is 19.2 Å². The summed E-state index contributed by atoms with van der Waals surface area (Å²) in [5.41, 5.74) is 0.188. The van der Waals surface area contributed by atoms with E-state index < -0.39 is 28.4 Å². The van der Waals surface area contributed by atoms with Gasteiger partial charge in [0, 0.05) is 0 Å².